The van der Waals surface area contributed by atoms with Crippen LogP contribution in [0.25, 0.3) is 22.3 Å². The van der Waals surface area contributed by atoms with Crippen LogP contribution in [0.15, 0.2) is 60.9 Å². The molecule has 0 aliphatic heterocycles. The molecule has 2 aromatic carbocycles. The van der Waals surface area contributed by atoms with Crippen LogP contribution in [-0.4, -0.2) is 15.0 Å². The van der Waals surface area contributed by atoms with Crippen molar-refractivity contribution in [2.24, 2.45) is 0 Å². The zero-order valence-corrected chi connectivity index (χ0v) is 22.2. The Bertz CT molecular complexity index is 1240. The number of rotatable bonds is 5. The molecule has 4 aromatic rings. The number of hydrogen-bond donors (Lipinski definition) is 0. The lowest BCUT2D eigenvalue weighted by Crippen LogP contribution is -2.09. The topological polar surface area (TPSA) is 38.7 Å². The third-order valence-electron chi connectivity index (χ3n) is 5.30. The normalized spacial score (nSPS) is 10.8. The first kappa shape index (κ1) is 29.2. The standard InChI is InChI=1S/C14H10ClN3.C13H17F3.C2H6/c1-9-12-7-11(15)4-5-13(12)18-14(17-9)10-3-2-6-16-8-10;1-3-5-10-7-8-12(13(14,15)16)11(9-10)6-4-2;1-2/h2-8H,1H3;7-9H,3-6H2,1-2H3;1-2H3. The van der Waals surface area contributed by atoms with Crippen LogP contribution < -0.4 is 0 Å². The molecular formula is C29H33ClF3N3. The lowest BCUT2D eigenvalue weighted by molar-refractivity contribution is -0.138. The summed E-state index contributed by atoms with van der Waals surface area (Å²) in [6.45, 7) is 9.88. The zero-order valence-electron chi connectivity index (χ0n) is 21.5. The molecule has 0 aliphatic carbocycles. The minimum absolute atomic E-state index is 0.431. The van der Waals surface area contributed by atoms with Crippen molar-refractivity contribution >= 4 is 22.5 Å². The molecule has 2 heterocycles. The molecule has 3 nitrogen and oxygen atoms in total. The van der Waals surface area contributed by atoms with E-state index >= 15 is 0 Å². The molecule has 0 N–H and O–H groups in total. The molecule has 0 amide bonds. The van der Waals surface area contributed by atoms with Crippen LogP contribution >= 0.6 is 11.6 Å². The van der Waals surface area contributed by atoms with Crippen molar-refractivity contribution in [3.05, 3.63) is 88.3 Å². The number of fused-ring (bicyclic) bond motifs is 1. The lowest BCUT2D eigenvalue weighted by Gasteiger charge is -2.13. The second-order valence-electron chi connectivity index (χ2n) is 8.03. The van der Waals surface area contributed by atoms with E-state index in [1.807, 2.05) is 65.0 Å². The van der Waals surface area contributed by atoms with Crippen LogP contribution in [0.5, 0.6) is 0 Å². The Labute approximate surface area is 216 Å². The summed E-state index contributed by atoms with van der Waals surface area (Å²) in [5.41, 5.74) is 3.68. The van der Waals surface area contributed by atoms with E-state index in [1.54, 1.807) is 24.5 Å². The van der Waals surface area contributed by atoms with Crippen LogP contribution in [0.2, 0.25) is 5.02 Å². The number of aromatic nitrogens is 3. The third-order valence-corrected chi connectivity index (χ3v) is 5.54. The molecule has 2 aromatic heterocycles. The van der Waals surface area contributed by atoms with E-state index in [-0.39, 0.29) is 0 Å². The molecule has 0 atom stereocenters. The fourth-order valence-corrected chi connectivity index (χ4v) is 3.89. The van der Waals surface area contributed by atoms with E-state index in [1.165, 1.54) is 6.07 Å². The van der Waals surface area contributed by atoms with Crippen LogP contribution in [0.3, 0.4) is 0 Å². The molecule has 0 radical (unpaired) electrons. The highest BCUT2D eigenvalue weighted by molar-refractivity contribution is 6.31. The summed E-state index contributed by atoms with van der Waals surface area (Å²) >= 11 is 5.98. The van der Waals surface area contributed by atoms with E-state index in [9.17, 15) is 13.2 Å². The number of halogens is 4. The van der Waals surface area contributed by atoms with Crippen LogP contribution in [0, 0.1) is 6.92 Å². The number of pyridine rings is 1. The highest BCUT2D eigenvalue weighted by Crippen LogP contribution is 2.33. The predicted molar refractivity (Wildman–Crippen MR) is 143 cm³/mol. The van der Waals surface area contributed by atoms with Gasteiger partial charge in [0.1, 0.15) is 0 Å². The Morgan fingerprint density at radius 2 is 1.61 bits per heavy atom. The highest BCUT2D eigenvalue weighted by Gasteiger charge is 2.32. The Balaban J connectivity index is 0.000000239. The van der Waals surface area contributed by atoms with Crippen molar-refractivity contribution < 1.29 is 13.2 Å². The average Bonchev–Trinajstić information content (AvgIpc) is 2.86. The van der Waals surface area contributed by atoms with E-state index < -0.39 is 11.7 Å². The van der Waals surface area contributed by atoms with Gasteiger partial charge in [-0.15, -0.1) is 0 Å². The van der Waals surface area contributed by atoms with Gasteiger partial charge in [-0.25, -0.2) is 9.97 Å². The molecule has 0 fully saturated rings. The molecule has 4 rings (SSSR count). The average molecular weight is 516 g/mol. The summed E-state index contributed by atoms with van der Waals surface area (Å²) in [4.78, 5) is 13.1. The molecular weight excluding hydrogens is 483 g/mol. The SMILES string of the molecule is CC.CCCc1ccc(C(F)(F)F)c(CCC)c1.Cc1nc(-c2cccnc2)nc2ccc(Cl)cc12. The van der Waals surface area contributed by atoms with Crippen molar-refractivity contribution in [3.8, 4) is 11.4 Å². The van der Waals surface area contributed by atoms with Gasteiger partial charge in [0.2, 0.25) is 0 Å². The molecule has 7 heteroatoms. The summed E-state index contributed by atoms with van der Waals surface area (Å²) in [6, 6.07) is 14.0. The number of alkyl halides is 3. The second-order valence-corrected chi connectivity index (χ2v) is 8.46. The molecule has 0 saturated carbocycles. The van der Waals surface area contributed by atoms with Gasteiger partial charge in [0.05, 0.1) is 11.1 Å². The summed E-state index contributed by atoms with van der Waals surface area (Å²) in [5, 5.41) is 1.68. The van der Waals surface area contributed by atoms with E-state index in [2.05, 4.69) is 15.0 Å². The fourth-order valence-electron chi connectivity index (χ4n) is 3.72. The molecule has 36 heavy (non-hydrogen) atoms. The predicted octanol–water partition coefficient (Wildman–Crippen LogP) is 9.29. The lowest BCUT2D eigenvalue weighted by atomic mass is 9.98. The van der Waals surface area contributed by atoms with Gasteiger partial charge in [-0.05, 0) is 67.3 Å². The number of benzene rings is 2. The van der Waals surface area contributed by atoms with Gasteiger partial charge >= 0.3 is 6.18 Å². The van der Waals surface area contributed by atoms with Crippen molar-refractivity contribution in [2.45, 2.75) is 66.5 Å². The Morgan fingerprint density at radius 1 is 0.889 bits per heavy atom. The van der Waals surface area contributed by atoms with Crippen molar-refractivity contribution in [3.63, 3.8) is 0 Å². The zero-order chi connectivity index (χ0) is 26.7. The van der Waals surface area contributed by atoms with E-state index in [4.69, 9.17) is 11.6 Å². The minimum Gasteiger partial charge on any atom is -0.264 e. The molecule has 192 valence electrons. The number of hydrogen-bond acceptors (Lipinski definition) is 3. The van der Waals surface area contributed by atoms with Gasteiger partial charge in [0, 0.05) is 34.1 Å². The minimum atomic E-state index is -4.23. The van der Waals surface area contributed by atoms with Gasteiger partial charge < -0.3 is 0 Å². The summed E-state index contributed by atoms with van der Waals surface area (Å²) in [5.74, 6) is 0.690. The monoisotopic (exact) mass is 515 g/mol. The first-order valence-electron chi connectivity index (χ1n) is 12.3. The summed E-state index contributed by atoms with van der Waals surface area (Å²) < 4.78 is 38.1. The molecule has 0 bridgehead atoms. The van der Waals surface area contributed by atoms with Crippen molar-refractivity contribution in [1.82, 2.24) is 15.0 Å². The maximum atomic E-state index is 12.7. The van der Waals surface area contributed by atoms with Crippen LogP contribution in [-0.2, 0) is 19.0 Å². The van der Waals surface area contributed by atoms with Gasteiger partial charge in [0.15, 0.2) is 5.82 Å². The molecule has 0 spiro atoms. The van der Waals surface area contributed by atoms with Gasteiger partial charge in [-0.2, -0.15) is 13.2 Å². The number of nitrogens with zero attached hydrogens (tertiary/aromatic N) is 3. The van der Waals surface area contributed by atoms with Crippen molar-refractivity contribution in [1.29, 1.82) is 0 Å². The molecule has 0 unspecified atom stereocenters. The smallest absolute Gasteiger partial charge is 0.264 e. The van der Waals surface area contributed by atoms with E-state index in [0.717, 1.165) is 47.0 Å². The van der Waals surface area contributed by atoms with Crippen LogP contribution in [0.1, 0.15) is 62.9 Å². The molecule has 0 saturated heterocycles. The molecule has 0 aliphatic rings. The van der Waals surface area contributed by atoms with Gasteiger partial charge in [0.25, 0.3) is 0 Å². The number of aryl methyl sites for hydroxylation is 3. The van der Waals surface area contributed by atoms with Gasteiger partial charge in [-0.3, -0.25) is 4.98 Å². The third kappa shape index (κ3) is 8.02. The first-order valence-corrected chi connectivity index (χ1v) is 12.6. The Morgan fingerprint density at radius 3 is 2.22 bits per heavy atom. The largest absolute Gasteiger partial charge is 0.416 e. The maximum absolute atomic E-state index is 12.7. The Kier molecular flexibility index (Phi) is 11.3. The highest BCUT2D eigenvalue weighted by atomic mass is 35.5. The fraction of sp³-hybridized carbons (Fsp3) is 0.345. The summed E-state index contributed by atoms with van der Waals surface area (Å²) in [6.07, 6.45) is 2.29. The van der Waals surface area contributed by atoms with Gasteiger partial charge in [-0.1, -0.05) is 64.3 Å². The first-order chi connectivity index (χ1) is 17.2. The summed E-state index contributed by atoms with van der Waals surface area (Å²) in [7, 11) is 0. The maximum Gasteiger partial charge on any atom is 0.416 e. The second kappa shape index (κ2) is 13.9. The Hall–Kier alpha value is -2.99. The quantitative estimate of drug-likeness (QED) is 0.266. The van der Waals surface area contributed by atoms with Crippen LogP contribution in [0.4, 0.5) is 13.2 Å². The van der Waals surface area contributed by atoms with Crippen molar-refractivity contribution in [2.75, 3.05) is 0 Å². The van der Waals surface area contributed by atoms with E-state index in [0.29, 0.717) is 22.8 Å².